The summed E-state index contributed by atoms with van der Waals surface area (Å²) < 4.78 is 4.97. The van der Waals surface area contributed by atoms with Crippen molar-refractivity contribution in [1.82, 2.24) is 5.32 Å². The SMILES string of the molecule is CNC(COC=O)C(c1ccccc1)c1ccccc1. The van der Waals surface area contributed by atoms with Gasteiger partial charge in [-0.15, -0.1) is 0 Å². The Hall–Kier alpha value is -2.13. The first-order valence-corrected chi connectivity index (χ1v) is 6.69. The number of hydrogen-bond acceptors (Lipinski definition) is 3. The Labute approximate surface area is 119 Å². The summed E-state index contributed by atoms with van der Waals surface area (Å²) in [5.74, 6) is 0.141. The van der Waals surface area contributed by atoms with E-state index in [1.165, 1.54) is 11.1 Å². The summed E-state index contributed by atoms with van der Waals surface area (Å²) in [5, 5.41) is 3.25. The molecule has 1 N–H and O–H groups in total. The molecule has 0 aliphatic rings. The van der Waals surface area contributed by atoms with E-state index < -0.39 is 0 Å². The Morgan fingerprint density at radius 1 is 1.00 bits per heavy atom. The van der Waals surface area contributed by atoms with Gasteiger partial charge >= 0.3 is 0 Å². The van der Waals surface area contributed by atoms with Crippen LogP contribution >= 0.6 is 0 Å². The van der Waals surface area contributed by atoms with E-state index in [4.69, 9.17) is 4.74 Å². The lowest BCUT2D eigenvalue weighted by Crippen LogP contribution is -2.37. The Balaban J connectivity index is 2.35. The average molecular weight is 269 g/mol. The number of ether oxygens (including phenoxy) is 1. The van der Waals surface area contributed by atoms with Crippen LogP contribution in [-0.2, 0) is 9.53 Å². The second-order valence-electron chi connectivity index (χ2n) is 4.62. The summed E-state index contributed by atoms with van der Waals surface area (Å²) >= 11 is 0. The minimum absolute atomic E-state index is 0.0324. The summed E-state index contributed by atoms with van der Waals surface area (Å²) in [6.45, 7) is 0.839. The summed E-state index contributed by atoms with van der Waals surface area (Å²) in [6.07, 6.45) is 0. The molecular weight excluding hydrogens is 250 g/mol. The molecule has 2 rings (SSSR count). The predicted octanol–water partition coefficient (Wildman–Crippen LogP) is 2.58. The van der Waals surface area contributed by atoms with E-state index in [9.17, 15) is 4.79 Å². The molecule has 0 aliphatic heterocycles. The standard InChI is InChI=1S/C17H19NO2/c1-18-16(12-20-13-19)17(14-8-4-2-5-9-14)15-10-6-3-7-11-15/h2-11,13,16-18H,12H2,1H3. The molecule has 0 saturated heterocycles. The van der Waals surface area contributed by atoms with Crippen molar-refractivity contribution in [2.75, 3.05) is 13.7 Å². The van der Waals surface area contributed by atoms with E-state index in [1.54, 1.807) is 0 Å². The van der Waals surface area contributed by atoms with Crippen LogP contribution in [0.1, 0.15) is 17.0 Å². The van der Waals surface area contributed by atoms with Crippen molar-refractivity contribution in [3.8, 4) is 0 Å². The van der Waals surface area contributed by atoms with Crippen LogP contribution in [0.5, 0.6) is 0 Å². The zero-order valence-electron chi connectivity index (χ0n) is 11.5. The third kappa shape index (κ3) is 3.45. The second-order valence-corrected chi connectivity index (χ2v) is 4.62. The lowest BCUT2D eigenvalue weighted by atomic mass is 9.85. The topological polar surface area (TPSA) is 38.3 Å². The summed E-state index contributed by atoms with van der Waals surface area (Å²) in [7, 11) is 1.89. The molecule has 0 fully saturated rings. The number of carbonyl (C=O) groups excluding carboxylic acids is 1. The normalized spacial score (nSPS) is 12.1. The predicted molar refractivity (Wildman–Crippen MR) is 79.6 cm³/mol. The fourth-order valence-corrected chi connectivity index (χ4v) is 2.47. The highest BCUT2D eigenvalue weighted by molar-refractivity contribution is 5.38. The van der Waals surface area contributed by atoms with Crippen molar-refractivity contribution >= 4 is 6.47 Å². The number of carbonyl (C=O) groups is 1. The van der Waals surface area contributed by atoms with Gasteiger partial charge in [0.2, 0.25) is 0 Å². The van der Waals surface area contributed by atoms with Crippen LogP contribution in [-0.4, -0.2) is 26.2 Å². The molecule has 2 aromatic carbocycles. The fourth-order valence-electron chi connectivity index (χ4n) is 2.47. The lowest BCUT2D eigenvalue weighted by molar-refractivity contribution is -0.129. The summed E-state index contributed by atoms with van der Waals surface area (Å²) in [6, 6.07) is 20.5. The van der Waals surface area contributed by atoms with Gasteiger partial charge < -0.3 is 10.1 Å². The molecule has 0 aromatic heterocycles. The monoisotopic (exact) mass is 269 g/mol. The molecule has 0 aliphatic carbocycles. The van der Waals surface area contributed by atoms with Crippen LogP contribution in [0.25, 0.3) is 0 Å². The van der Waals surface area contributed by atoms with E-state index in [0.717, 1.165) is 0 Å². The van der Waals surface area contributed by atoms with Gasteiger partial charge in [0.05, 0.1) is 6.04 Å². The molecule has 0 amide bonds. The average Bonchev–Trinajstić information content (AvgIpc) is 2.53. The van der Waals surface area contributed by atoms with Crippen LogP contribution < -0.4 is 5.32 Å². The Morgan fingerprint density at radius 3 is 1.90 bits per heavy atom. The molecule has 1 atom stereocenters. The summed E-state index contributed by atoms with van der Waals surface area (Å²) in [4.78, 5) is 10.5. The highest BCUT2D eigenvalue weighted by atomic mass is 16.5. The van der Waals surface area contributed by atoms with Crippen molar-refractivity contribution in [3.05, 3.63) is 71.8 Å². The van der Waals surface area contributed by atoms with E-state index in [2.05, 4.69) is 29.6 Å². The molecule has 0 saturated carbocycles. The zero-order chi connectivity index (χ0) is 14.2. The third-order valence-electron chi connectivity index (χ3n) is 3.43. The largest absolute Gasteiger partial charge is 0.466 e. The first-order valence-electron chi connectivity index (χ1n) is 6.69. The third-order valence-corrected chi connectivity index (χ3v) is 3.43. The van der Waals surface area contributed by atoms with Gasteiger partial charge in [-0.25, -0.2) is 0 Å². The number of nitrogens with one attached hydrogen (secondary N) is 1. The first-order chi connectivity index (χ1) is 9.86. The molecule has 1 unspecified atom stereocenters. The maximum atomic E-state index is 10.5. The lowest BCUT2D eigenvalue weighted by Gasteiger charge is -2.27. The summed E-state index contributed by atoms with van der Waals surface area (Å²) in [5.41, 5.74) is 2.40. The van der Waals surface area contributed by atoms with Crippen molar-refractivity contribution in [2.45, 2.75) is 12.0 Å². The molecule has 0 spiro atoms. The molecule has 3 nitrogen and oxygen atoms in total. The van der Waals surface area contributed by atoms with Crippen molar-refractivity contribution in [1.29, 1.82) is 0 Å². The van der Waals surface area contributed by atoms with Crippen molar-refractivity contribution < 1.29 is 9.53 Å². The highest BCUT2D eigenvalue weighted by Crippen LogP contribution is 2.28. The van der Waals surface area contributed by atoms with Gasteiger partial charge in [-0.3, -0.25) is 4.79 Å². The smallest absolute Gasteiger partial charge is 0.293 e. The fraction of sp³-hybridized carbons (Fsp3) is 0.235. The van der Waals surface area contributed by atoms with Gasteiger partial charge in [-0.05, 0) is 18.2 Å². The molecule has 0 heterocycles. The molecule has 2 aromatic rings. The van der Waals surface area contributed by atoms with Crippen LogP contribution in [0.3, 0.4) is 0 Å². The quantitative estimate of drug-likeness (QED) is 0.785. The molecular formula is C17H19NO2. The van der Waals surface area contributed by atoms with Crippen LogP contribution in [0.15, 0.2) is 60.7 Å². The molecule has 20 heavy (non-hydrogen) atoms. The van der Waals surface area contributed by atoms with Gasteiger partial charge in [-0.1, -0.05) is 60.7 Å². The van der Waals surface area contributed by atoms with E-state index in [1.807, 2.05) is 43.4 Å². The maximum Gasteiger partial charge on any atom is 0.293 e. The molecule has 0 bridgehead atoms. The maximum absolute atomic E-state index is 10.5. The zero-order valence-corrected chi connectivity index (χ0v) is 11.5. The minimum Gasteiger partial charge on any atom is -0.466 e. The Morgan fingerprint density at radius 2 is 1.50 bits per heavy atom. The van der Waals surface area contributed by atoms with E-state index in [-0.39, 0.29) is 12.0 Å². The minimum atomic E-state index is 0.0324. The van der Waals surface area contributed by atoms with Crippen molar-refractivity contribution in [3.63, 3.8) is 0 Å². The number of benzene rings is 2. The Bertz CT molecular complexity index is 474. The molecule has 104 valence electrons. The van der Waals surface area contributed by atoms with Gasteiger partial charge in [0.15, 0.2) is 0 Å². The number of hydrogen-bond donors (Lipinski definition) is 1. The van der Waals surface area contributed by atoms with Gasteiger partial charge in [0, 0.05) is 5.92 Å². The Kier molecular flexibility index (Phi) is 5.33. The van der Waals surface area contributed by atoms with Gasteiger partial charge in [0.25, 0.3) is 6.47 Å². The van der Waals surface area contributed by atoms with Crippen LogP contribution in [0.4, 0.5) is 0 Å². The highest BCUT2D eigenvalue weighted by Gasteiger charge is 2.24. The van der Waals surface area contributed by atoms with Gasteiger partial charge in [-0.2, -0.15) is 0 Å². The molecule has 3 heteroatoms. The first kappa shape index (κ1) is 14.3. The van der Waals surface area contributed by atoms with Crippen LogP contribution in [0.2, 0.25) is 0 Å². The van der Waals surface area contributed by atoms with Crippen LogP contribution in [0, 0.1) is 0 Å². The van der Waals surface area contributed by atoms with E-state index >= 15 is 0 Å². The number of likely N-dealkylation sites (N-methyl/N-ethyl adjacent to an activating group) is 1. The van der Waals surface area contributed by atoms with Crippen molar-refractivity contribution in [2.24, 2.45) is 0 Å². The second kappa shape index (κ2) is 7.46. The molecule has 0 radical (unpaired) electrons. The van der Waals surface area contributed by atoms with E-state index in [0.29, 0.717) is 13.1 Å². The number of rotatable bonds is 7. The van der Waals surface area contributed by atoms with Gasteiger partial charge in [0.1, 0.15) is 6.61 Å².